The van der Waals surface area contributed by atoms with Crippen molar-refractivity contribution in [2.24, 2.45) is 0 Å². The van der Waals surface area contributed by atoms with Gasteiger partial charge in [0.25, 0.3) is 0 Å². The van der Waals surface area contributed by atoms with Crippen molar-refractivity contribution >= 4 is 82.4 Å². The maximum atomic E-state index is 2.47. The van der Waals surface area contributed by atoms with Gasteiger partial charge in [0.15, 0.2) is 0 Å². The highest BCUT2D eigenvalue weighted by molar-refractivity contribution is 6.12. The van der Waals surface area contributed by atoms with Gasteiger partial charge in [0, 0.05) is 66.1 Å². The van der Waals surface area contributed by atoms with Crippen molar-refractivity contribution in [3.05, 3.63) is 224 Å². The molecule has 64 heavy (non-hydrogen) atoms. The van der Waals surface area contributed by atoms with E-state index in [1.807, 2.05) is 0 Å². The molecule has 14 rings (SSSR count). The van der Waals surface area contributed by atoms with E-state index in [4.69, 9.17) is 0 Å². The van der Waals surface area contributed by atoms with E-state index in [-0.39, 0.29) is 0 Å². The smallest absolute Gasteiger partial charge is 0.0561 e. The summed E-state index contributed by atoms with van der Waals surface area (Å²) in [6.45, 7) is 0. The summed E-state index contributed by atoms with van der Waals surface area (Å²) in [5, 5.41) is 8.92. The second kappa shape index (κ2) is 13.6. The third kappa shape index (κ3) is 5.05. The molecule has 0 spiro atoms. The third-order valence-corrected chi connectivity index (χ3v) is 13.9. The van der Waals surface area contributed by atoms with E-state index >= 15 is 0 Å². The zero-order chi connectivity index (χ0) is 41.9. The van der Waals surface area contributed by atoms with Crippen molar-refractivity contribution in [2.45, 2.75) is 12.8 Å². The van der Waals surface area contributed by atoms with E-state index in [1.54, 1.807) is 0 Å². The van der Waals surface area contributed by atoms with Gasteiger partial charge in [0.2, 0.25) is 0 Å². The molecule has 0 unspecified atom stereocenters. The van der Waals surface area contributed by atoms with Crippen molar-refractivity contribution in [1.82, 2.24) is 18.3 Å². The SMILES string of the molecule is C1=Cc2c(c3ccc(-n4c5ccccc5c5ccccc54)cc3n2-c2ccc(-c3ccc(-n4c5ccccc5c5ccc(-n6c7ccccc7c7ccccc76)cc54)cc3)cc2)CC1. The van der Waals surface area contributed by atoms with Crippen LogP contribution in [0.2, 0.25) is 0 Å². The summed E-state index contributed by atoms with van der Waals surface area (Å²) < 4.78 is 9.73. The quantitative estimate of drug-likeness (QED) is 0.165. The van der Waals surface area contributed by atoms with Gasteiger partial charge in [-0.2, -0.15) is 0 Å². The average molecular weight is 817 g/mol. The number of aromatic nitrogens is 4. The van der Waals surface area contributed by atoms with E-state index in [0.717, 1.165) is 24.2 Å². The Labute approximate surface area is 369 Å². The first-order valence-corrected chi connectivity index (χ1v) is 22.3. The number of rotatable bonds is 5. The molecule has 0 aliphatic heterocycles. The maximum Gasteiger partial charge on any atom is 0.0561 e. The highest BCUT2D eigenvalue weighted by Gasteiger charge is 2.21. The van der Waals surface area contributed by atoms with Gasteiger partial charge in [-0.3, -0.25) is 0 Å². The van der Waals surface area contributed by atoms with Crippen molar-refractivity contribution < 1.29 is 0 Å². The first-order valence-electron chi connectivity index (χ1n) is 22.3. The largest absolute Gasteiger partial charge is 0.310 e. The van der Waals surface area contributed by atoms with Gasteiger partial charge in [-0.1, -0.05) is 133 Å². The van der Waals surface area contributed by atoms with Gasteiger partial charge in [-0.25, -0.2) is 0 Å². The molecule has 0 saturated heterocycles. The van der Waals surface area contributed by atoms with E-state index in [9.17, 15) is 0 Å². The van der Waals surface area contributed by atoms with Crippen molar-refractivity contribution in [1.29, 1.82) is 0 Å². The van der Waals surface area contributed by atoms with Crippen molar-refractivity contribution in [3.8, 4) is 33.9 Å². The fourth-order valence-electron chi connectivity index (χ4n) is 11.0. The minimum atomic E-state index is 1.04. The Morgan fingerprint density at radius 3 is 1.08 bits per heavy atom. The lowest BCUT2D eigenvalue weighted by molar-refractivity contribution is 0.967. The molecule has 1 aliphatic rings. The zero-order valence-corrected chi connectivity index (χ0v) is 35.0. The molecule has 0 amide bonds. The summed E-state index contributed by atoms with van der Waals surface area (Å²) in [5.74, 6) is 0. The molecule has 9 aromatic carbocycles. The summed E-state index contributed by atoms with van der Waals surface area (Å²) >= 11 is 0. The highest BCUT2D eigenvalue weighted by Crippen LogP contribution is 2.40. The number of allylic oxidation sites excluding steroid dienone is 1. The van der Waals surface area contributed by atoms with Gasteiger partial charge >= 0.3 is 0 Å². The molecule has 13 aromatic rings. The maximum absolute atomic E-state index is 2.47. The number of hydrogen-bond donors (Lipinski definition) is 0. The van der Waals surface area contributed by atoms with Crippen molar-refractivity contribution in [3.63, 3.8) is 0 Å². The fraction of sp³-hybridized carbons (Fsp3) is 0.0333. The van der Waals surface area contributed by atoms with Crippen LogP contribution in [0, 0.1) is 0 Å². The first-order chi connectivity index (χ1) is 31.8. The predicted octanol–water partition coefficient (Wildman–Crippen LogP) is 15.5. The number of fused-ring (bicyclic) bond motifs is 12. The van der Waals surface area contributed by atoms with Crippen LogP contribution < -0.4 is 0 Å². The lowest BCUT2D eigenvalue weighted by Gasteiger charge is -2.14. The van der Waals surface area contributed by atoms with Crippen LogP contribution in [0.5, 0.6) is 0 Å². The van der Waals surface area contributed by atoms with Crippen LogP contribution in [0.3, 0.4) is 0 Å². The molecular formula is C60H40N4. The summed E-state index contributed by atoms with van der Waals surface area (Å²) in [5.41, 5.74) is 18.2. The molecule has 4 aromatic heterocycles. The molecule has 0 saturated carbocycles. The van der Waals surface area contributed by atoms with E-state index < -0.39 is 0 Å². The molecular weight excluding hydrogens is 777 g/mol. The Balaban J connectivity index is 0.859. The second-order valence-electron chi connectivity index (χ2n) is 17.2. The number of benzene rings is 9. The van der Waals surface area contributed by atoms with E-state index in [2.05, 4.69) is 237 Å². The minimum Gasteiger partial charge on any atom is -0.310 e. The minimum absolute atomic E-state index is 1.04. The molecule has 4 heteroatoms. The van der Waals surface area contributed by atoms with Crippen LogP contribution in [0.25, 0.3) is 116 Å². The number of hydrogen-bond acceptors (Lipinski definition) is 0. The van der Waals surface area contributed by atoms with Gasteiger partial charge in [-0.05, 0) is 114 Å². The van der Waals surface area contributed by atoms with Gasteiger partial charge in [0.1, 0.15) is 0 Å². The predicted molar refractivity (Wildman–Crippen MR) is 269 cm³/mol. The lowest BCUT2D eigenvalue weighted by atomic mass is 10.0. The monoisotopic (exact) mass is 816 g/mol. The fourth-order valence-corrected chi connectivity index (χ4v) is 11.0. The zero-order valence-electron chi connectivity index (χ0n) is 35.0. The van der Waals surface area contributed by atoms with Crippen LogP contribution in [0.4, 0.5) is 0 Å². The van der Waals surface area contributed by atoms with Crippen LogP contribution in [0.15, 0.2) is 212 Å². The second-order valence-corrected chi connectivity index (χ2v) is 17.2. The highest BCUT2D eigenvalue weighted by atomic mass is 15.0. The Bertz CT molecular complexity index is 3950. The summed E-state index contributed by atoms with van der Waals surface area (Å²) in [6.07, 6.45) is 6.75. The molecule has 1 aliphatic carbocycles. The first kappa shape index (κ1) is 35.3. The lowest BCUT2D eigenvalue weighted by Crippen LogP contribution is -2.00. The Morgan fingerprint density at radius 1 is 0.281 bits per heavy atom. The molecule has 4 nitrogen and oxygen atoms in total. The summed E-state index contributed by atoms with van der Waals surface area (Å²) in [6, 6.07) is 76.0. The number of para-hydroxylation sites is 5. The molecule has 300 valence electrons. The van der Waals surface area contributed by atoms with Crippen LogP contribution in [0.1, 0.15) is 17.7 Å². The Morgan fingerprint density at radius 2 is 0.625 bits per heavy atom. The topological polar surface area (TPSA) is 19.7 Å². The molecule has 0 atom stereocenters. The van der Waals surface area contributed by atoms with Crippen LogP contribution >= 0.6 is 0 Å². The summed E-state index contributed by atoms with van der Waals surface area (Å²) in [7, 11) is 0. The van der Waals surface area contributed by atoms with Crippen molar-refractivity contribution in [2.75, 3.05) is 0 Å². The molecule has 0 N–H and O–H groups in total. The van der Waals surface area contributed by atoms with E-state index in [0.29, 0.717) is 0 Å². The third-order valence-electron chi connectivity index (χ3n) is 13.9. The molecule has 4 heterocycles. The standard InChI is InChI=1S/C60H40N4/c1-9-21-55-45(13-1)46-14-2-10-22-56(46)63(55)43-33-35-51-49-17-5-7-19-53(49)61(59(51)37-43)41-29-25-39(26-30-41)40-27-31-42(32-28-40)62-54-20-8-6-18-50(54)52-36-34-44(38-60(52)62)64-57-23-11-3-15-47(57)48-16-4-12-24-58(48)64/h1-5,7-17,19-38H,6,18H2. The van der Waals surface area contributed by atoms with Crippen LogP contribution in [-0.4, -0.2) is 18.3 Å². The number of aryl methyl sites for hydroxylation is 1. The van der Waals surface area contributed by atoms with Gasteiger partial charge < -0.3 is 18.3 Å². The van der Waals surface area contributed by atoms with E-state index in [1.165, 1.54) is 110 Å². The van der Waals surface area contributed by atoms with Gasteiger partial charge in [0.05, 0.1) is 38.6 Å². The molecule has 0 radical (unpaired) electrons. The van der Waals surface area contributed by atoms with Gasteiger partial charge in [-0.15, -0.1) is 0 Å². The normalized spacial score (nSPS) is 12.8. The molecule has 0 fully saturated rings. The number of nitrogens with zero attached hydrogens (tertiary/aromatic N) is 4. The Kier molecular flexibility index (Phi) is 7.48. The Hall–Kier alpha value is -8.34. The van der Waals surface area contributed by atoms with Crippen LogP contribution in [-0.2, 0) is 6.42 Å². The molecule has 0 bridgehead atoms. The average Bonchev–Trinajstić information content (AvgIpc) is 4.09. The summed E-state index contributed by atoms with van der Waals surface area (Å²) in [4.78, 5) is 0.